The van der Waals surface area contributed by atoms with E-state index in [0.29, 0.717) is 27.1 Å². The van der Waals surface area contributed by atoms with Gasteiger partial charge in [0, 0.05) is 17.3 Å². The van der Waals surface area contributed by atoms with Gasteiger partial charge in [0.05, 0.1) is 17.2 Å². The number of carbonyl (C=O) groups is 1. The van der Waals surface area contributed by atoms with Crippen LogP contribution in [0.2, 0.25) is 15.3 Å². The first-order valence-electron chi connectivity index (χ1n) is 7.21. The number of nitrogens with one attached hydrogen (secondary N) is 1. The van der Waals surface area contributed by atoms with Crippen molar-refractivity contribution in [2.75, 3.05) is 12.4 Å². The first-order chi connectivity index (χ1) is 12.4. The van der Waals surface area contributed by atoms with E-state index in [9.17, 15) is 4.79 Å². The Morgan fingerprint density at radius 2 is 1.88 bits per heavy atom. The molecule has 1 aromatic carbocycles. The molecule has 0 bridgehead atoms. The summed E-state index contributed by atoms with van der Waals surface area (Å²) in [6.07, 6.45) is 0. The van der Waals surface area contributed by atoms with Gasteiger partial charge < -0.3 is 14.6 Å². The van der Waals surface area contributed by atoms with Crippen LogP contribution in [0.4, 0.5) is 11.7 Å². The van der Waals surface area contributed by atoms with Gasteiger partial charge in [-0.3, -0.25) is 0 Å². The van der Waals surface area contributed by atoms with E-state index in [4.69, 9.17) is 44.1 Å². The molecule has 0 saturated carbocycles. The lowest BCUT2D eigenvalue weighted by Crippen LogP contribution is -2.06. The average molecular weight is 414 g/mol. The number of methoxy groups -OCH3 is 1. The number of benzene rings is 1. The van der Waals surface area contributed by atoms with E-state index in [1.165, 1.54) is 7.11 Å². The number of anilines is 2. The van der Waals surface area contributed by atoms with E-state index in [0.717, 1.165) is 0 Å². The van der Waals surface area contributed by atoms with Crippen LogP contribution in [0.3, 0.4) is 0 Å². The summed E-state index contributed by atoms with van der Waals surface area (Å²) >= 11 is 18.3. The maximum absolute atomic E-state index is 12.3. The van der Waals surface area contributed by atoms with Gasteiger partial charge in [0.15, 0.2) is 5.56 Å². The third kappa shape index (κ3) is 3.60. The molecular formula is C16H11Cl3N4O3. The van der Waals surface area contributed by atoms with Crippen LogP contribution in [0.5, 0.6) is 0 Å². The summed E-state index contributed by atoms with van der Waals surface area (Å²) in [5.74, 6) is -0.353. The lowest BCUT2D eigenvalue weighted by Gasteiger charge is -2.07. The minimum absolute atomic E-state index is 0.0111. The van der Waals surface area contributed by atoms with Gasteiger partial charge >= 0.3 is 5.97 Å². The van der Waals surface area contributed by atoms with Crippen LogP contribution >= 0.6 is 34.8 Å². The molecule has 0 amide bonds. The van der Waals surface area contributed by atoms with Crippen molar-refractivity contribution in [1.29, 1.82) is 0 Å². The molecule has 0 saturated heterocycles. The molecule has 0 aliphatic rings. The van der Waals surface area contributed by atoms with E-state index in [2.05, 4.69) is 20.4 Å². The fraction of sp³-hybridized carbons (Fsp3) is 0.125. The van der Waals surface area contributed by atoms with Crippen molar-refractivity contribution in [1.82, 2.24) is 15.1 Å². The van der Waals surface area contributed by atoms with Crippen molar-refractivity contribution in [3.8, 4) is 11.3 Å². The van der Waals surface area contributed by atoms with Gasteiger partial charge in [0.25, 0.3) is 0 Å². The molecule has 1 N–H and O–H groups in total. The number of aromatic nitrogens is 3. The zero-order chi connectivity index (χ0) is 18.8. The second-order valence-electron chi connectivity index (χ2n) is 5.11. The molecule has 0 fully saturated rings. The Labute approximate surface area is 163 Å². The van der Waals surface area contributed by atoms with Crippen molar-refractivity contribution in [3.05, 3.63) is 50.9 Å². The molecule has 3 rings (SSSR count). The van der Waals surface area contributed by atoms with Crippen molar-refractivity contribution in [2.24, 2.45) is 0 Å². The van der Waals surface area contributed by atoms with Gasteiger partial charge in [0.2, 0.25) is 11.2 Å². The molecule has 7 nitrogen and oxygen atoms in total. The highest BCUT2D eigenvalue weighted by atomic mass is 35.5. The Bertz CT molecular complexity index is 950. The first-order valence-corrected chi connectivity index (χ1v) is 8.34. The summed E-state index contributed by atoms with van der Waals surface area (Å²) in [4.78, 5) is 20.3. The Hall–Kier alpha value is -2.35. The number of carbonyl (C=O) groups excluding carboxylic acids is 1. The molecule has 0 aliphatic carbocycles. The predicted octanol–water partition coefficient (Wildman–Crippen LogP) is 4.93. The molecule has 0 spiro atoms. The van der Waals surface area contributed by atoms with Crippen molar-refractivity contribution in [3.63, 3.8) is 0 Å². The first kappa shape index (κ1) is 18.4. The maximum atomic E-state index is 12.3. The Balaban J connectivity index is 2.13. The SMILES string of the molecule is COC(=O)c1c(-c2c(Cl)cccc2Cl)noc1Nc1cc(C)nc(Cl)n1. The largest absolute Gasteiger partial charge is 0.465 e. The summed E-state index contributed by atoms with van der Waals surface area (Å²) in [7, 11) is 1.24. The Kier molecular flexibility index (Phi) is 5.31. The van der Waals surface area contributed by atoms with E-state index in [-0.39, 0.29) is 22.4 Å². The quantitative estimate of drug-likeness (QED) is 0.479. The monoisotopic (exact) mass is 412 g/mol. The summed E-state index contributed by atoms with van der Waals surface area (Å²) in [6.45, 7) is 1.75. The van der Waals surface area contributed by atoms with Gasteiger partial charge in [0.1, 0.15) is 11.5 Å². The zero-order valence-electron chi connectivity index (χ0n) is 13.5. The third-order valence-corrected chi connectivity index (χ3v) is 4.15. The van der Waals surface area contributed by atoms with Crippen LogP contribution in [0.15, 0.2) is 28.8 Å². The number of aryl methyl sites for hydroxylation is 1. The third-order valence-electron chi connectivity index (χ3n) is 3.35. The lowest BCUT2D eigenvalue weighted by molar-refractivity contribution is 0.0602. The van der Waals surface area contributed by atoms with Gasteiger partial charge in [-0.25, -0.2) is 14.8 Å². The number of hydrogen-bond donors (Lipinski definition) is 1. The fourth-order valence-corrected chi connectivity index (χ4v) is 3.08. The van der Waals surface area contributed by atoms with Gasteiger partial charge in [-0.2, -0.15) is 0 Å². The highest BCUT2D eigenvalue weighted by Gasteiger charge is 2.28. The molecular weight excluding hydrogens is 403 g/mol. The lowest BCUT2D eigenvalue weighted by atomic mass is 10.1. The number of ether oxygens (including phenoxy) is 1. The second-order valence-corrected chi connectivity index (χ2v) is 6.26. The summed E-state index contributed by atoms with van der Waals surface area (Å²) in [6, 6.07) is 6.55. The molecule has 2 heterocycles. The number of nitrogens with zero attached hydrogens (tertiary/aromatic N) is 3. The smallest absolute Gasteiger partial charge is 0.345 e. The summed E-state index contributed by atoms with van der Waals surface area (Å²) < 4.78 is 10.1. The minimum Gasteiger partial charge on any atom is -0.465 e. The number of esters is 1. The molecule has 26 heavy (non-hydrogen) atoms. The van der Waals surface area contributed by atoms with Gasteiger partial charge in [-0.15, -0.1) is 0 Å². The molecule has 10 heteroatoms. The fourth-order valence-electron chi connectivity index (χ4n) is 2.27. The maximum Gasteiger partial charge on any atom is 0.345 e. The van der Waals surface area contributed by atoms with E-state index in [1.54, 1.807) is 31.2 Å². The molecule has 3 aromatic rings. The normalized spacial score (nSPS) is 10.7. The van der Waals surface area contributed by atoms with Crippen molar-refractivity contribution in [2.45, 2.75) is 6.92 Å². The van der Waals surface area contributed by atoms with Crippen LogP contribution in [0.25, 0.3) is 11.3 Å². The summed E-state index contributed by atoms with van der Waals surface area (Å²) in [5, 5.41) is 7.44. The van der Waals surface area contributed by atoms with E-state index in [1.807, 2.05) is 0 Å². The second kappa shape index (κ2) is 7.49. The van der Waals surface area contributed by atoms with Crippen LogP contribution in [-0.2, 0) is 4.74 Å². The molecule has 134 valence electrons. The molecule has 0 aliphatic heterocycles. The average Bonchev–Trinajstić information content (AvgIpc) is 2.96. The highest BCUT2D eigenvalue weighted by molar-refractivity contribution is 6.39. The van der Waals surface area contributed by atoms with Crippen LogP contribution < -0.4 is 5.32 Å². The number of halogens is 3. The minimum atomic E-state index is -0.684. The topological polar surface area (TPSA) is 90.1 Å². The molecule has 0 atom stereocenters. The standard InChI is InChI=1S/C16H11Cl3N4O3/c1-7-6-10(22-16(19)20-7)21-14-12(15(24)25-2)13(23-26-14)11-8(17)4-3-5-9(11)18/h3-6H,1-2H3,(H,20,21,22). The molecule has 2 aromatic heterocycles. The molecule has 0 radical (unpaired) electrons. The van der Waals surface area contributed by atoms with E-state index >= 15 is 0 Å². The van der Waals surface area contributed by atoms with Crippen LogP contribution in [0, 0.1) is 6.92 Å². The van der Waals surface area contributed by atoms with Crippen molar-refractivity contribution < 1.29 is 14.1 Å². The number of rotatable bonds is 4. The van der Waals surface area contributed by atoms with Crippen molar-refractivity contribution >= 4 is 52.5 Å². The Morgan fingerprint density at radius 1 is 1.19 bits per heavy atom. The zero-order valence-corrected chi connectivity index (χ0v) is 15.8. The number of hydrogen-bond acceptors (Lipinski definition) is 7. The molecule has 0 unspecified atom stereocenters. The van der Waals surface area contributed by atoms with Gasteiger partial charge in [-0.05, 0) is 30.7 Å². The van der Waals surface area contributed by atoms with Crippen LogP contribution in [-0.4, -0.2) is 28.2 Å². The van der Waals surface area contributed by atoms with Gasteiger partial charge in [-0.1, -0.05) is 34.4 Å². The van der Waals surface area contributed by atoms with Crippen LogP contribution in [0.1, 0.15) is 16.1 Å². The predicted molar refractivity (Wildman–Crippen MR) is 98.4 cm³/mol. The van der Waals surface area contributed by atoms with E-state index < -0.39 is 5.97 Å². The highest BCUT2D eigenvalue weighted by Crippen LogP contribution is 2.39. The summed E-state index contributed by atoms with van der Waals surface area (Å²) in [5.41, 5.74) is 1.15. The Morgan fingerprint density at radius 3 is 2.50 bits per heavy atom.